The molecule has 10 nitrogen and oxygen atoms in total. The second kappa shape index (κ2) is 8.24. The van der Waals surface area contributed by atoms with E-state index in [1.807, 2.05) is 0 Å². The third-order valence-electron chi connectivity index (χ3n) is 3.20. The molecule has 0 aliphatic carbocycles. The molecule has 1 aliphatic heterocycles. The fourth-order valence-electron chi connectivity index (χ4n) is 1.92. The van der Waals surface area contributed by atoms with Crippen LogP contribution in [0.4, 0.5) is 13.2 Å². The van der Waals surface area contributed by atoms with E-state index in [1.165, 1.54) is 16.8 Å². The van der Waals surface area contributed by atoms with E-state index in [0.29, 0.717) is 0 Å². The minimum atomic E-state index is -6.09. The van der Waals surface area contributed by atoms with Gasteiger partial charge in [-0.15, -0.1) is 0 Å². The van der Waals surface area contributed by atoms with Crippen molar-refractivity contribution in [1.29, 1.82) is 0 Å². The van der Waals surface area contributed by atoms with Gasteiger partial charge in [0.1, 0.15) is 17.8 Å². The number of hydrogen-bond donors (Lipinski definition) is 4. The molecule has 0 bridgehead atoms. The Kier molecular flexibility index (Phi) is 7.03. The van der Waals surface area contributed by atoms with Crippen LogP contribution < -0.4 is 10.3 Å². The second-order valence-electron chi connectivity index (χ2n) is 5.03. The van der Waals surface area contributed by atoms with Crippen LogP contribution in [0.25, 0.3) is 0 Å². The molecule has 2 rings (SSSR count). The average Bonchev–Trinajstić information content (AvgIpc) is 2.81. The Morgan fingerprint density at radius 1 is 1.35 bits per heavy atom. The Bertz CT molecular complexity index is 742. The van der Waals surface area contributed by atoms with E-state index in [4.69, 9.17) is 28.5 Å². The molecule has 1 aliphatic rings. The number of primary amides is 1. The normalized spacial score (nSPS) is 26.1. The van der Waals surface area contributed by atoms with Crippen molar-refractivity contribution in [3.63, 3.8) is 0 Å². The smallest absolute Gasteiger partial charge is 0.485 e. The zero-order valence-electron chi connectivity index (χ0n) is 12.8. The molecule has 14 heteroatoms. The Morgan fingerprint density at radius 2 is 1.88 bits per heavy atom. The van der Waals surface area contributed by atoms with Crippen molar-refractivity contribution in [2.45, 2.75) is 30.0 Å². The van der Waals surface area contributed by atoms with Crippen molar-refractivity contribution < 1.29 is 55.6 Å². The number of ether oxygens (including phenoxy) is 1. The maximum Gasteiger partial charge on any atom is 0.485 e. The van der Waals surface area contributed by atoms with Gasteiger partial charge in [0.05, 0.1) is 6.61 Å². The standard InChI is InChI=1S/C11H14N2O5.CHF3O3S/c12-10(17)6-2-1-3-13(4-6)11-9(16)8(15)7(5-14)18-11;2-1(3,4)8(5,6)7/h1-4,7-9,11,14-16H,5H2,(H-,12,17);(H,5,6,7)/t7-,8+,9+,11?;/m1./s1. The van der Waals surface area contributed by atoms with E-state index in [-0.39, 0.29) is 5.56 Å². The number of halogens is 3. The summed E-state index contributed by atoms with van der Waals surface area (Å²) in [4.78, 5) is 11.1. The molecule has 1 fully saturated rings. The molecule has 1 amide bonds. The number of amides is 1. The molecule has 0 radical (unpaired) electrons. The topological polar surface area (TPSA) is 174 Å². The number of nitrogens with two attached hydrogens (primary N) is 1. The summed E-state index contributed by atoms with van der Waals surface area (Å²) < 4.78 is 65.7. The van der Waals surface area contributed by atoms with Gasteiger partial charge in [0, 0.05) is 6.07 Å². The van der Waals surface area contributed by atoms with Crippen LogP contribution in [0.15, 0.2) is 24.5 Å². The largest absolute Gasteiger partial charge is 0.741 e. The molecule has 1 saturated heterocycles. The summed E-state index contributed by atoms with van der Waals surface area (Å²) in [7, 11) is -6.09. The number of rotatable bonds is 3. The first kappa shape index (κ1) is 22.2. The molecular formula is C12H15F3N2O8S. The number of alkyl halides is 3. The molecule has 1 aromatic rings. The van der Waals surface area contributed by atoms with Gasteiger partial charge in [0.2, 0.25) is 0 Å². The number of aliphatic hydroxyl groups excluding tert-OH is 3. The van der Waals surface area contributed by atoms with Crippen LogP contribution in [-0.4, -0.2) is 64.6 Å². The van der Waals surface area contributed by atoms with Crippen molar-refractivity contribution in [2.24, 2.45) is 5.73 Å². The van der Waals surface area contributed by atoms with Crippen molar-refractivity contribution >= 4 is 16.0 Å². The molecule has 0 aromatic carbocycles. The first-order chi connectivity index (χ1) is 11.8. The number of carbonyl (C=O) groups is 1. The first-order valence-corrected chi connectivity index (χ1v) is 8.15. The predicted molar refractivity (Wildman–Crippen MR) is 73.9 cm³/mol. The third kappa shape index (κ3) is 5.33. The molecule has 2 heterocycles. The number of carbonyl (C=O) groups excluding carboxylic acids is 1. The second-order valence-corrected chi connectivity index (χ2v) is 6.40. The Morgan fingerprint density at radius 3 is 2.27 bits per heavy atom. The van der Waals surface area contributed by atoms with Gasteiger partial charge in [-0.1, -0.05) is 0 Å². The van der Waals surface area contributed by atoms with Gasteiger partial charge in [0.15, 0.2) is 28.6 Å². The van der Waals surface area contributed by atoms with Gasteiger partial charge in [-0.3, -0.25) is 4.79 Å². The summed E-state index contributed by atoms with van der Waals surface area (Å²) in [5, 5.41) is 28.4. The van der Waals surface area contributed by atoms with Gasteiger partial charge < -0.3 is 30.3 Å². The number of pyridine rings is 1. The van der Waals surface area contributed by atoms with Gasteiger partial charge in [0.25, 0.3) is 12.1 Å². The maximum atomic E-state index is 11.1. The van der Waals surface area contributed by atoms with E-state index in [0.717, 1.165) is 0 Å². The van der Waals surface area contributed by atoms with Gasteiger partial charge >= 0.3 is 5.51 Å². The zero-order chi connectivity index (χ0) is 20.3. The molecule has 148 valence electrons. The van der Waals surface area contributed by atoms with Crippen molar-refractivity contribution in [3.05, 3.63) is 30.1 Å². The molecule has 26 heavy (non-hydrogen) atoms. The molecule has 1 aromatic heterocycles. The fraction of sp³-hybridized carbons (Fsp3) is 0.500. The van der Waals surface area contributed by atoms with E-state index < -0.39 is 52.7 Å². The van der Waals surface area contributed by atoms with Gasteiger partial charge in [-0.25, -0.2) is 8.42 Å². The monoisotopic (exact) mass is 404 g/mol. The minimum absolute atomic E-state index is 0.259. The SMILES string of the molecule is NC(=O)c1ccc[n+](C2O[C@H](CO)[C@H](O)[C@@H]2O)c1.O=S(=O)([O-])C(F)(F)F. The van der Waals surface area contributed by atoms with Crippen molar-refractivity contribution in [1.82, 2.24) is 0 Å². The third-order valence-corrected chi connectivity index (χ3v) is 3.77. The van der Waals surface area contributed by atoms with E-state index >= 15 is 0 Å². The zero-order valence-corrected chi connectivity index (χ0v) is 13.6. The molecule has 0 saturated carbocycles. The Labute approximate surface area is 145 Å². The van der Waals surface area contributed by atoms with E-state index in [9.17, 15) is 28.2 Å². The summed E-state index contributed by atoms with van der Waals surface area (Å²) in [6.07, 6.45) is -1.08. The van der Waals surface area contributed by atoms with E-state index in [2.05, 4.69) is 0 Å². The summed E-state index contributed by atoms with van der Waals surface area (Å²) in [5.74, 6) is -0.601. The molecule has 0 spiro atoms. The van der Waals surface area contributed by atoms with Crippen LogP contribution in [0.2, 0.25) is 0 Å². The molecular weight excluding hydrogens is 389 g/mol. The highest BCUT2D eigenvalue weighted by molar-refractivity contribution is 7.86. The van der Waals surface area contributed by atoms with Gasteiger partial charge in [-0.2, -0.15) is 17.7 Å². The van der Waals surface area contributed by atoms with Gasteiger partial charge in [-0.05, 0) is 6.07 Å². The lowest BCUT2D eigenvalue weighted by Crippen LogP contribution is -2.46. The Hall–Kier alpha value is -1.84. The molecule has 1 unspecified atom stereocenters. The molecule has 5 N–H and O–H groups in total. The minimum Gasteiger partial charge on any atom is -0.741 e. The number of aromatic nitrogens is 1. The van der Waals surface area contributed by atoms with Crippen LogP contribution in [0.1, 0.15) is 16.6 Å². The van der Waals surface area contributed by atoms with Crippen LogP contribution in [-0.2, 0) is 14.9 Å². The highest BCUT2D eigenvalue weighted by atomic mass is 32.2. The van der Waals surface area contributed by atoms with Crippen molar-refractivity contribution in [3.8, 4) is 0 Å². The van der Waals surface area contributed by atoms with Crippen LogP contribution >= 0.6 is 0 Å². The lowest BCUT2D eigenvalue weighted by molar-refractivity contribution is -0.765. The fourth-order valence-corrected chi connectivity index (χ4v) is 1.92. The summed E-state index contributed by atoms with van der Waals surface area (Å²) in [6, 6.07) is 3.11. The highest BCUT2D eigenvalue weighted by Gasteiger charge is 2.47. The summed E-state index contributed by atoms with van der Waals surface area (Å²) in [5.41, 5.74) is -0.235. The van der Waals surface area contributed by atoms with Crippen LogP contribution in [0.3, 0.4) is 0 Å². The first-order valence-electron chi connectivity index (χ1n) is 6.74. The number of aliphatic hydroxyl groups is 3. The summed E-state index contributed by atoms with van der Waals surface area (Å²) >= 11 is 0. The predicted octanol–water partition coefficient (Wildman–Crippen LogP) is -2.26. The van der Waals surface area contributed by atoms with Crippen LogP contribution in [0, 0.1) is 0 Å². The number of nitrogens with zero attached hydrogens (tertiary/aromatic N) is 1. The summed E-state index contributed by atoms with van der Waals surface area (Å²) in [6.45, 7) is -0.398. The Balaban J connectivity index is 0.000000359. The highest BCUT2D eigenvalue weighted by Crippen LogP contribution is 2.25. The van der Waals surface area contributed by atoms with Crippen molar-refractivity contribution in [2.75, 3.05) is 6.61 Å². The molecule has 4 atom stereocenters. The lowest BCUT2D eigenvalue weighted by Gasteiger charge is -2.09. The quantitative estimate of drug-likeness (QED) is 0.248. The average molecular weight is 404 g/mol. The maximum absolute atomic E-state index is 11.1. The van der Waals surface area contributed by atoms with Crippen LogP contribution in [0.5, 0.6) is 0 Å². The van der Waals surface area contributed by atoms with E-state index in [1.54, 1.807) is 12.3 Å². The number of hydrogen-bond acceptors (Lipinski definition) is 8. The lowest BCUT2D eigenvalue weighted by atomic mass is 10.1.